The highest BCUT2D eigenvalue weighted by Gasteiger charge is 2.20. The van der Waals surface area contributed by atoms with Gasteiger partial charge in [0.1, 0.15) is 0 Å². The SMILES string of the molecule is NS(=O)(=O)c1cc(NC(=O)Cc2ccccc2Cl)cc2nn(CN3CCNC(=O)C3)cc12. The Bertz CT molecular complexity index is 1310. The number of nitrogens with one attached hydrogen (secondary N) is 2. The van der Waals surface area contributed by atoms with Crippen LogP contribution in [0.1, 0.15) is 5.56 Å². The average Bonchev–Trinajstić information content (AvgIpc) is 3.10. The number of hydrogen-bond donors (Lipinski definition) is 3. The van der Waals surface area contributed by atoms with Gasteiger partial charge in [-0.3, -0.25) is 19.2 Å². The third-order valence-corrected chi connectivity index (χ3v) is 6.32. The first-order valence-electron chi connectivity index (χ1n) is 9.75. The van der Waals surface area contributed by atoms with Crippen LogP contribution in [0.3, 0.4) is 0 Å². The molecular weight excluding hydrogens is 456 g/mol. The van der Waals surface area contributed by atoms with Crippen molar-refractivity contribution >= 4 is 50.0 Å². The van der Waals surface area contributed by atoms with Crippen LogP contribution in [0, 0.1) is 0 Å². The Morgan fingerprint density at radius 1 is 1.28 bits per heavy atom. The molecule has 1 fully saturated rings. The lowest BCUT2D eigenvalue weighted by Crippen LogP contribution is -2.47. The quantitative estimate of drug-likeness (QED) is 0.483. The van der Waals surface area contributed by atoms with Gasteiger partial charge in [-0.15, -0.1) is 0 Å². The highest BCUT2D eigenvalue weighted by Crippen LogP contribution is 2.27. The maximum Gasteiger partial charge on any atom is 0.238 e. The van der Waals surface area contributed by atoms with E-state index >= 15 is 0 Å². The standard InChI is InChI=1S/C20H21ClN6O4S/c21-16-4-2-1-3-13(16)7-19(28)24-14-8-17-15(18(9-14)32(22,30)31)10-27(25-17)12-26-6-5-23-20(29)11-26/h1-4,8-10H,5-7,11-12H2,(H,23,29)(H,24,28)(H2,22,30,31). The second kappa shape index (κ2) is 8.87. The first-order valence-corrected chi connectivity index (χ1v) is 11.7. The van der Waals surface area contributed by atoms with Gasteiger partial charge in [0.15, 0.2) is 0 Å². The zero-order valence-corrected chi connectivity index (χ0v) is 18.5. The summed E-state index contributed by atoms with van der Waals surface area (Å²) in [6.07, 6.45) is 1.59. The molecule has 32 heavy (non-hydrogen) atoms. The summed E-state index contributed by atoms with van der Waals surface area (Å²) in [5.41, 5.74) is 1.25. The van der Waals surface area contributed by atoms with Gasteiger partial charge in [0.25, 0.3) is 0 Å². The molecule has 2 aromatic carbocycles. The van der Waals surface area contributed by atoms with E-state index in [1.807, 2.05) is 4.90 Å². The van der Waals surface area contributed by atoms with Crippen LogP contribution in [0.5, 0.6) is 0 Å². The van der Waals surface area contributed by atoms with Gasteiger partial charge in [0.2, 0.25) is 21.8 Å². The van der Waals surface area contributed by atoms with Crippen LogP contribution in [0.4, 0.5) is 5.69 Å². The molecular formula is C20H21ClN6O4S. The molecule has 1 aromatic heterocycles. The van der Waals surface area contributed by atoms with E-state index in [2.05, 4.69) is 15.7 Å². The number of carbonyl (C=O) groups excluding carboxylic acids is 2. The van der Waals surface area contributed by atoms with Crippen LogP contribution in [0.2, 0.25) is 5.02 Å². The van der Waals surface area contributed by atoms with E-state index in [1.165, 1.54) is 6.07 Å². The van der Waals surface area contributed by atoms with Crippen LogP contribution in [0.15, 0.2) is 47.5 Å². The Morgan fingerprint density at radius 2 is 2.06 bits per heavy atom. The fraction of sp³-hybridized carbons (Fsp3) is 0.250. The molecule has 1 aliphatic heterocycles. The first kappa shape index (κ1) is 22.2. The molecule has 0 aliphatic carbocycles. The number of nitrogens with two attached hydrogens (primary N) is 1. The van der Waals surface area contributed by atoms with E-state index in [1.54, 1.807) is 41.2 Å². The van der Waals surface area contributed by atoms with Crippen LogP contribution in [-0.2, 0) is 32.7 Å². The lowest BCUT2D eigenvalue weighted by molar-refractivity contribution is -0.124. The van der Waals surface area contributed by atoms with Gasteiger partial charge in [0.05, 0.1) is 30.0 Å². The van der Waals surface area contributed by atoms with Crippen molar-refractivity contribution in [3.63, 3.8) is 0 Å². The Balaban J connectivity index is 1.61. The molecule has 0 spiro atoms. The number of fused-ring (bicyclic) bond motifs is 1. The van der Waals surface area contributed by atoms with Gasteiger partial charge in [-0.1, -0.05) is 29.8 Å². The summed E-state index contributed by atoms with van der Waals surface area (Å²) in [7, 11) is -4.09. The first-order chi connectivity index (χ1) is 15.2. The Morgan fingerprint density at radius 3 is 2.78 bits per heavy atom. The predicted molar refractivity (Wildman–Crippen MR) is 119 cm³/mol. The van der Waals surface area contributed by atoms with E-state index in [0.29, 0.717) is 41.2 Å². The minimum absolute atomic E-state index is 0.0217. The van der Waals surface area contributed by atoms with Crippen molar-refractivity contribution in [1.29, 1.82) is 0 Å². The lowest BCUT2D eigenvalue weighted by atomic mass is 10.1. The molecule has 1 saturated heterocycles. The highest BCUT2D eigenvalue weighted by atomic mass is 35.5. The van der Waals surface area contributed by atoms with Crippen LogP contribution in [0.25, 0.3) is 10.9 Å². The van der Waals surface area contributed by atoms with Crippen molar-refractivity contribution in [2.75, 3.05) is 25.0 Å². The zero-order valence-electron chi connectivity index (χ0n) is 16.9. The summed E-state index contributed by atoms with van der Waals surface area (Å²) in [4.78, 5) is 25.8. The number of sulfonamides is 1. The van der Waals surface area contributed by atoms with Crippen LogP contribution >= 0.6 is 11.6 Å². The minimum atomic E-state index is -4.09. The molecule has 0 atom stereocenters. The van der Waals surface area contributed by atoms with Crippen LogP contribution < -0.4 is 15.8 Å². The van der Waals surface area contributed by atoms with Crippen molar-refractivity contribution < 1.29 is 18.0 Å². The molecule has 2 heterocycles. The molecule has 4 rings (SSSR count). The van der Waals surface area contributed by atoms with E-state index in [0.717, 1.165) is 0 Å². The van der Waals surface area contributed by atoms with Gasteiger partial charge in [0, 0.05) is 35.4 Å². The molecule has 2 amide bonds. The Hall–Kier alpha value is -2.99. The molecule has 1 aliphatic rings. The highest BCUT2D eigenvalue weighted by molar-refractivity contribution is 7.89. The zero-order chi connectivity index (χ0) is 22.9. The predicted octanol–water partition coefficient (Wildman–Crippen LogP) is 0.908. The van der Waals surface area contributed by atoms with Crippen molar-refractivity contribution in [2.24, 2.45) is 5.14 Å². The molecule has 168 valence electrons. The van der Waals surface area contributed by atoms with E-state index < -0.39 is 10.0 Å². The fourth-order valence-electron chi connectivity index (χ4n) is 3.56. The number of anilines is 1. The van der Waals surface area contributed by atoms with Gasteiger partial charge < -0.3 is 10.6 Å². The number of rotatable bonds is 6. The molecule has 4 N–H and O–H groups in total. The number of hydrogen-bond acceptors (Lipinski definition) is 6. The number of primary sulfonamides is 1. The summed E-state index contributed by atoms with van der Waals surface area (Å²) >= 11 is 6.11. The maximum atomic E-state index is 12.5. The number of amides is 2. The number of benzene rings is 2. The van der Waals surface area contributed by atoms with Gasteiger partial charge >= 0.3 is 0 Å². The summed E-state index contributed by atoms with van der Waals surface area (Å²) in [5, 5.41) is 16.1. The number of halogens is 1. The van der Waals surface area contributed by atoms with Crippen molar-refractivity contribution in [3.05, 3.63) is 53.2 Å². The second-order valence-corrected chi connectivity index (χ2v) is 9.42. The number of nitrogens with zero attached hydrogens (tertiary/aromatic N) is 3. The van der Waals surface area contributed by atoms with E-state index in [4.69, 9.17) is 16.7 Å². The van der Waals surface area contributed by atoms with E-state index in [9.17, 15) is 18.0 Å². The second-order valence-electron chi connectivity index (χ2n) is 7.48. The molecule has 0 unspecified atom stereocenters. The topological polar surface area (TPSA) is 139 Å². The lowest BCUT2D eigenvalue weighted by Gasteiger charge is -2.25. The Kier molecular flexibility index (Phi) is 6.15. The summed E-state index contributed by atoms with van der Waals surface area (Å²) in [5.74, 6) is -0.446. The molecule has 12 heteroatoms. The summed E-state index contributed by atoms with van der Waals surface area (Å²) in [6.45, 7) is 1.71. The van der Waals surface area contributed by atoms with Crippen molar-refractivity contribution in [1.82, 2.24) is 20.0 Å². The Labute approximate surface area is 189 Å². The van der Waals surface area contributed by atoms with Gasteiger partial charge in [-0.05, 0) is 23.8 Å². The third-order valence-electron chi connectivity index (χ3n) is 5.00. The minimum Gasteiger partial charge on any atom is -0.354 e. The van der Waals surface area contributed by atoms with Crippen molar-refractivity contribution in [2.45, 2.75) is 18.0 Å². The summed E-state index contributed by atoms with van der Waals surface area (Å²) < 4.78 is 26.0. The molecule has 3 aromatic rings. The van der Waals surface area contributed by atoms with E-state index in [-0.39, 0.29) is 35.4 Å². The molecule has 10 nitrogen and oxygen atoms in total. The monoisotopic (exact) mass is 476 g/mol. The van der Waals surface area contributed by atoms with Crippen molar-refractivity contribution in [3.8, 4) is 0 Å². The number of carbonyl (C=O) groups is 2. The fourth-order valence-corrected chi connectivity index (χ4v) is 4.52. The molecule has 0 radical (unpaired) electrons. The number of piperazine rings is 1. The number of aromatic nitrogens is 2. The largest absolute Gasteiger partial charge is 0.354 e. The smallest absolute Gasteiger partial charge is 0.238 e. The third kappa shape index (κ3) is 5.07. The summed E-state index contributed by atoms with van der Waals surface area (Å²) in [6, 6.07) is 9.86. The van der Waals surface area contributed by atoms with Gasteiger partial charge in [-0.25, -0.2) is 13.6 Å². The maximum absolute atomic E-state index is 12.5. The van der Waals surface area contributed by atoms with Gasteiger partial charge in [-0.2, -0.15) is 5.10 Å². The average molecular weight is 477 g/mol. The van der Waals surface area contributed by atoms with Crippen LogP contribution in [-0.4, -0.2) is 54.5 Å². The normalized spacial score (nSPS) is 15.0. The molecule has 0 bridgehead atoms. The molecule has 0 saturated carbocycles.